The summed E-state index contributed by atoms with van der Waals surface area (Å²) in [6.45, 7) is 5.92. The van der Waals surface area contributed by atoms with Crippen LogP contribution in [-0.4, -0.2) is 26.9 Å². The van der Waals surface area contributed by atoms with Crippen LogP contribution in [0.25, 0.3) is 5.65 Å². The molecular weight excluding hydrogens is 228 g/mol. The SMILES string of the molecule is CC.COc1nc2c(C)nnn2c2c1CCCC2. The quantitative estimate of drug-likeness (QED) is 0.777. The summed E-state index contributed by atoms with van der Waals surface area (Å²) >= 11 is 0. The molecule has 0 bridgehead atoms. The number of fused-ring (bicyclic) bond motifs is 3. The Morgan fingerprint density at radius 1 is 1.17 bits per heavy atom. The summed E-state index contributed by atoms with van der Waals surface area (Å²) < 4.78 is 7.23. The molecule has 0 saturated heterocycles. The molecule has 0 aromatic carbocycles. The second-order valence-electron chi connectivity index (χ2n) is 4.16. The largest absolute Gasteiger partial charge is 0.481 e. The van der Waals surface area contributed by atoms with Crippen LogP contribution in [0.15, 0.2) is 0 Å². The highest BCUT2D eigenvalue weighted by Crippen LogP contribution is 2.28. The van der Waals surface area contributed by atoms with Crippen molar-refractivity contribution < 1.29 is 4.74 Å². The normalized spacial score (nSPS) is 13.8. The lowest BCUT2D eigenvalue weighted by Gasteiger charge is -2.18. The highest BCUT2D eigenvalue weighted by atomic mass is 16.5. The van der Waals surface area contributed by atoms with Gasteiger partial charge in [-0.3, -0.25) is 0 Å². The molecule has 0 radical (unpaired) electrons. The lowest BCUT2D eigenvalue weighted by Crippen LogP contribution is -2.13. The maximum atomic E-state index is 5.37. The molecule has 0 atom stereocenters. The lowest BCUT2D eigenvalue weighted by molar-refractivity contribution is 0.387. The first kappa shape index (κ1) is 12.8. The number of hydrogen-bond acceptors (Lipinski definition) is 4. The van der Waals surface area contributed by atoms with Gasteiger partial charge in [0.25, 0.3) is 0 Å². The minimum absolute atomic E-state index is 0.743. The average Bonchev–Trinajstić information content (AvgIpc) is 2.82. The Morgan fingerprint density at radius 3 is 2.61 bits per heavy atom. The molecule has 0 saturated carbocycles. The van der Waals surface area contributed by atoms with E-state index in [-0.39, 0.29) is 0 Å². The van der Waals surface area contributed by atoms with E-state index < -0.39 is 0 Å². The standard InChI is InChI=1S/C11H14N4O.C2H6/c1-7-10-12-11(16-2)8-5-3-4-6-9(8)15(10)14-13-7;1-2/h3-6H2,1-2H3;1-2H3. The van der Waals surface area contributed by atoms with Crippen molar-refractivity contribution in [3.63, 3.8) is 0 Å². The predicted octanol–water partition coefficient (Wildman–Crippen LogP) is 2.35. The number of aromatic nitrogens is 4. The van der Waals surface area contributed by atoms with E-state index in [1.807, 2.05) is 25.3 Å². The number of ether oxygens (including phenoxy) is 1. The van der Waals surface area contributed by atoms with Crippen LogP contribution in [0.2, 0.25) is 0 Å². The fourth-order valence-corrected chi connectivity index (χ4v) is 2.35. The molecule has 0 fully saturated rings. The molecule has 0 aliphatic heterocycles. The van der Waals surface area contributed by atoms with Gasteiger partial charge in [0, 0.05) is 5.56 Å². The fraction of sp³-hybridized carbons (Fsp3) is 0.615. The third-order valence-corrected chi connectivity index (χ3v) is 3.16. The number of rotatable bonds is 1. The molecule has 0 N–H and O–H groups in total. The van der Waals surface area contributed by atoms with Gasteiger partial charge >= 0.3 is 0 Å². The summed E-state index contributed by atoms with van der Waals surface area (Å²) in [4.78, 5) is 4.48. The van der Waals surface area contributed by atoms with Crippen molar-refractivity contribution in [3.8, 4) is 5.88 Å². The Kier molecular flexibility index (Phi) is 3.79. The van der Waals surface area contributed by atoms with Gasteiger partial charge in [-0.15, -0.1) is 5.10 Å². The Morgan fingerprint density at radius 2 is 1.89 bits per heavy atom. The van der Waals surface area contributed by atoms with E-state index in [9.17, 15) is 0 Å². The van der Waals surface area contributed by atoms with Crippen molar-refractivity contribution in [1.29, 1.82) is 0 Å². The van der Waals surface area contributed by atoms with E-state index in [1.54, 1.807) is 7.11 Å². The number of methoxy groups -OCH3 is 1. The van der Waals surface area contributed by atoms with Crippen LogP contribution < -0.4 is 4.74 Å². The average molecular weight is 248 g/mol. The number of aryl methyl sites for hydroxylation is 2. The molecule has 0 spiro atoms. The van der Waals surface area contributed by atoms with Crippen LogP contribution in [0.1, 0.15) is 43.6 Å². The zero-order valence-electron chi connectivity index (χ0n) is 11.5. The third kappa shape index (κ3) is 1.94. The smallest absolute Gasteiger partial charge is 0.220 e. The molecule has 18 heavy (non-hydrogen) atoms. The van der Waals surface area contributed by atoms with Crippen LogP contribution in [-0.2, 0) is 12.8 Å². The Balaban J connectivity index is 0.000000574. The molecule has 2 aromatic heterocycles. The highest BCUT2D eigenvalue weighted by molar-refractivity contribution is 5.49. The van der Waals surface area contributed by atoms with Gasteiger partial charge in [-0.2, -0.15) is 9.50 Å². The van der Waals surface area contributed by atoms with Crippen LogP contribution in [0.5, 0.6) is 5.88 Å². The van der Waals surface area contributed by atoms with Gasteiger partial charge in [0.05, 0.1) is 12.8 Å². The summed E-state index contributed by atoms with van der Waals surface area (Å²) in [5, 5.41) is 8.23. The fourth-order valence-electron chi connectivity index (χ4n) is 2.35. The van der Waals surface area contributed by atoms with E-state index in [4.69, 9.17) is 4.74 Å². The van der Waals surface area contributed by atoms with Gasteiger partial charge in [-0.05, 0) is 32.6 Å². The molecule has 98 valence electrons. The van der Waals surface area contributed by atoms with Crippen molar-refractivity contribution in [2.45, 2.75) is 46.5 Å². The van der Waals surface area contributed by atoms with Crippen LogP contribution in [0, 0.1) is 6.92 Å². The number of nitrogens with zero attached hydrogens (tertiary/aromatic N) is 4. The lowest BCUT2D eigenvalue weighted by atomic mass is 9.97. The van der Waals surface area contributed by atoms with Crippen LogP contribution >= 0.6 is 0 Å². The van der Waals surface area contributed by atoms with E-state index in [0.717, 1.165) is 30.1 Å². The van der Waals surface area contributed by atoms with E-state index in [0.29, 0.717) is 0 Å². The van der Waals surface area contributed by atoms with Gasteiger partial charge in [0.2, 0.25) is 5.88 Å². The number of hydrogen-bond donors (Lipinski definition) is 0. The molecule has 2 heterocycles. The molecule has 5 nitrogen and oxygen atoms in total. The summed E-state index contributed by atoms with van der Waals surface area (Å²) in [5.74, 6) is 0.743. The first-order valence-corrected chi connectivity index (χ1v) is 6.59. The van der Waals surface area contributed by atoms with Crippen LogP contribution in [0.3, 0.4) is 0 Å². The Hall–Kier alpha value is -1.65. The minimum Gasteiger partial charge on any atom is -0.481 e. The predicted molar refractivity (Wildman–Crippen MR) is 70.1 cm³/mol. The topological polar surface area (TPSA) is 52.3 Å². The highest BCUT2D eigenvalue weighted by Gasteiger charge is 2.20. The van der Waals surface area contributed by atoms with Crippen molar-refractivity contribution in [2.24, 2.45) is 0 Å². The zero-order chi connectivity index (χ0) is 13.1. The van der Waals surface area contributed by atoms with E-state index >= 15 is 0 Å². The first-order valence-electron chi connectivity index (χ1n) is 6.59. The van der Waals surface area contributed by atoms with Crippen molar-refractivity contribution in [1.82, 2.24) is 19.8 Å². The van der Waals surface area contributed by atoms with Crippen molar-refractivity contribution in [2.75, 3.05) is 7.11 Å². The summed E-state index contributed by atoms with van der Waals surface area (Å²) in [6, 6.07) is 0. The first-order chi connectivity index (χ1) is 8.81. The molecule has 0 unspecified atom stereocenters. The summed E-state index contributed by atoms with van der Waals surface area (Å²) in [6.07, 6.45) is 4.46. The second-order valence-corrected chi connectivity index (χ2v) is 4.16. The molecule has 1 aliphatic rings. The maximum Gasteiger partial charge on any atom is 0.220 e. The zero-order valence-corrected chi connectivity index (χ0v) is 11.5. The Labute approximate surface area is 107 Å². The van der Waals surface area contributed by atoms with E-state index in [1.165, 1.54) is 24.1 Å². The van der Waals surface area contributed by atoms with Gasteiger partial charge in [0.1, 0.15) is 5.69 Å². The van der Waals surface area contributed by atoms with Gasteiger partial charge in [-0.25, -0.2) is 0 Å². The van der Waals surface area contributed by atoms with Crippen molar-refractivity contribution in [3.05, 3.63) is 17.0 Å². The molecule has 0 amide bonds. The molecule has 3 rings (SSSR count). The minimum atomic E-state index is 0.743. The molecule has 2 aromatic rings. The molecule has 1 aliphatic carbocycles. The molecular formula is C13H20N4O. The molecule has 5 heteroatoms. The van der Waals surface area contributed by atoms with Crippen molar-refractivity contribution >= 4 is 5.65 Å². The Bertz CT molecular complexity index is 547. The summed E-state index contributed by atoms with van der Waals surface area (Å²) in [5.41, 5.74) is 4.09. The third-order valence-electron chi connectivity index (χ3n) is 3.16. The van der Waals surface area contributed by atoms with Gasteiger partial charge in [-0.1, -0.05) is 19.1 Å². The second kappa shape index (κ2) is 5.33. The van der Waals surface area contributed by atoms with E-state index in [2.05, 4.69) is 15.3 Å². The van der Waals surface area contributed by atoms with Gasteiger partial charge in [0.15, 0.2) is 5.65 Å². The summed E-state index contributed by atoms with van der Waals surface area (Å²) in [7, 11) is 1.67. The van der Waals surface area contributed by atoms with Crippen LogP contribution in [0.4, 0.5) is 0 Å². The maximum absolute atomic E-state index is 5.37. The van der Waals surface area contributed by atoms with Gasteiger partial charge < -0.3 is 4.74 Å². The monoisotopic (exact) mass is 248 g/mol.